The predicted octanol–water partition coefficient (Wildman–Crippen LogP) is 3.18. The third-order valence-electron chi connectivity index (χ3n) is 4.09. The van der Waals surface area contributed by atoms with Gasteiger partial charge >= 0.3 is 6.09 Å². The Morgan fingerprint density at radius 3 is 2.64 bits per heavy atom. The number of nitrogens with zero attached hydrogens (tertiary/aromatic N) is 1. The van der Waals surface area contributed by atoms with Gasteiger partial charge in [0.05, 0.1) is 17.7 Å². The van der Waals surface area contributed by atoms with Gasteiger partial charge in [-0.1, -0.05) is 32.9 Å². The van der Waals surface area contributed by atoms with Crippen LogP contribution in [0.5, 0.6) is 0 Å². The van der Waals surface area contributed by atoms with E-state index in [-0.39, 0.29) is 17.2 Å². The predicted molar refractivity (Wildman–Crippen MR) is 98.3 cm³/mol. The van der Waals surface area contributed by atoms with Crippen LogP contribution >= 0.6 is 0 Å². The van der Waals surface area contributed by atoms with E-state index in [1.807, 2.05) is 26.0 Å². The number of rotatable bonds is 9. The van der Waals surface area contributed by atoms with E-state index in [9.17, 15) is 9.59 Å². The van der Waals surface area contributed by atoms with E-state index < -0.39 is 12.1 Å². The summed E-state index contributed by atoms with van der Waals surface area (Å²) in [5.41, 5.74) is 1.25. The Morgan fingerprint density at radius 2 is 2.08 bits per heavy atom. The quantitative estimate of drug-likeness (QED) is 0.600. The van der Waals surface area contributed by atoms with Crippen molar-refractivity contribution in [1.29, 1.82) is 0 Å². The third kappa shape index (κ3) is 6.06. The number of hydrogen-bond donors (Lipinski definition) is 3. The Balaban J connectivity index is 2.96. The van der Waals surface area contributed by atoms with E-state index in [1.54, 1.807) is 25.3 Å². The van der Waals surface area contributed by atoms with Gasteiger partial charge in [0.25, 0.3) is 0 Å². The molecule has 136 valence electrons. The number of pyridine rings is 1. The number of amides is 2. The molecule has 0 bridgehead atoms. The summed E-state index contributed by atoms with van der Waals surface area (Å²) in [6.07, 6.45) is 4.24. The number of carbonyl (C=O) groups is 2. The second-order valence-electron chi connectivity index (χ2n) is 6.62. The van der Waals surface area contributed by atoms with Gasteiger partial charge in [0.1, 0.15) is 0 Å². The Labute approximate surface area is 149 Å². The summed E-state index contributed by atoms with van der Waals surface area (Å²) in [7, 11) is 0. The average Bonchev–Trinajstić information content (AvgIpc) is 2.58. The molecular weight excluding hydrogens is 318 g/mol. The molecule has 2 amide bonds. The molecule has 1 aromatic rings. The molecule has 6 nitrogen and oxygen atoms in total. The Kier molecular flexibility index (Phi) is 7.36. The van der Waals surface area contributed by atoms with Crippen molar-refractivity contribution in [1.82, 2.24) is 15.6 Å². The summed E-state index contributed by atoms with van der Waals surface area (Å²) >= 11 is 0. The van der Waals surface area contributed by atoms with Crippen LogP contribution in [-0.4, -0.2) is 28.6 Å². The summed E-state index contributed by atoms with van der Waals surface area (Å²) < 4.78 is 0. The molecule has 0 fully saturated rings. The van der Waals surface area contributed by atoms with Gasteiger partial charge in [0, 0.05) is 18.2 Å². The molecule has 1 aromatic heterocycles. The maximum Gasteiger partial charge on any atom is 0.405 e. The lowest BCUT2D eigenvalue weighted by Gasteiger charge is -2.27. The van der Waals surface area contributed by atoms with Crippen LogP contribution in [0.25, 0.3) is 0 Å². The minimum absolute atomic E-state index is 0.0746. The molecule has 0 aliphatic heterocycles. The molecule has 0 saturated carbocycles. The Morgan fingerprint density at radius 1 is 1.40 bits per heavy atom. The second kappa shape index (κ2) is 9.01. The van der Waals surface area contributed by atoms with E-state index in [1.165, 1.54) is 0 Å². The van der Waals surface area contributed by atoms with Crippen molar-refractivity contribution >= 4 is 12.0 Å². The fourth-order valence-electron chi connectivity index (χ4n) is 2.31. The summed E-state index contributed by atoms with van der Waals surface area (Å²) in [6.45, 7) is 13.5. The monoisotopic (exact) mass is 345 g/mol. The molecule has 2 atom stereocenters. The van der Waals surface area contributed by atoms with E-state index in [0.717, 1.165) is 5.56 Å². The first-order valence-electron chi connectivity index (χ1n) is 8.18. The van der Waals surface area contributed by atoms with Gasteiger partial charge in [0.15, 0.2) is 0 Å². The highest BCUT2D eigenvalue weighted by atomic mass is 16.4. The number of carbonyl (C=O) groups excluding carboxylic acids is 1. The fraction of sp³-hybridized carbons (Fsp3) is 0.421. The highest BCUT2D eigenvalue weighted by Gasteiger charge is 2.24. The van der Waals surface area contributed by atoms with Gasteiger partial charge < -0.3 is 15.7 Å². The van der Waals surface area contributed by atoms with E-state index in [0.29, 0.717) is 18.7 Å². The Bertz CT molecular complexity index is 641. The topological polar surface area (TPSA) is 91.3 Å². The molecule has 0 radical (unpaired) electrons. The van der Waals surface area contributed by atoms with Crippen LogP contribution < -0.4 is 10.6 Å². The molecule has 1 rings (SSSR count). The molecule has 0 saturated heterocycles. The van der Waals surface area contributed by atoms with Crippen LogP contribution in [0.4, 0.5) is 4.79 Å². The maximum absolute atomic E-state index is 12.0. The number of aromatic nitrogens is 1. The average molecular weight is 345 g/mol. The molecule has 25 heavy (non-hydrogen) atoms. The lowest BCUT2D eigenvalue weighted by atomic mass is 9.84. The molecule has 0 spiro atoms. The van der Waals surface area contributed by atoms with Gasteiger partial charge in [-0.25, -0.2) is 4.79 Å². The molecular formula is C19H27N3O3. The van der Waals surface area contributed by atoms with Crippen molar-refractivity contribution in [3.05, 3.63) is 54.9 Å². The molecule has 3 N–H and O–H groups in total. The largest absolute Gasteiger partial charge is 0.465 e. The minimum Gasteiger partial charge on any atom is -0.465 e. The zero-order valence-electron chi connectivity index (χ0n) is 15.1. The Hall–Kier alpha value is -2.63. The van der Waals surface area contributed by atoms with Crippen molar-refractivity contribution in [3.63, 3.8) is 0 Å². The minimum atomic E-state index is -1.11. The standard InChI is InChI=1S/C19H27N3O3/c1-6-8-15(22-18(24)25)16-11-14(9-10-20-16)19(4,5)12-21-17(23)13(3)7-2/h6-7,9-11,13,15,22H,1-2,8,12H2,3-5H3,(H,21,23)(H,24,25)/t13?,15-/m0/s1. The van der Waals surface area contributed by atoms with E-state index in [4.69, 9.17) is 5.11 Å². The summed E-state index contributed by atoms with van der Waals surface area (Å²) in [4.78, 5) is 27.2. The highest BCUT2D eigenvalue weighted by Crippen LogP contribution is 2.25. The van der Waals surface area contributed by atoms with Crippen LogP contribution in [-0.2, 0) is 10.2 Å². The number of hydrogen-bond acceptors (Lipinski definition) is 3. The lowest BCUT2D eigenvalue weighted by molar-refractivity contribution is -0.123. The highest BCUT2D eigenvalue weighted by molar-refractivity contribution is 5.79. The third-order valence-corrected chi connectivity index (χ3v) is 4.09. The van der Waals surface area contributed by atoms with Gasteiger partial charge in [-0.15, -0.1) is 13.2 Å². The van der Waals surface area contributed by atoms with Crippen molar-refractivity contribution < 1.29 is 14.7 Å². The summed E-state index contributed by atoms with van der Waals surface area (Å²) in [5.74, 6) is -0.324. The maximum atomic E-state index is 12.0. The van der Waals surface area contributed by atoms with Crippen molar-refractivity contribution in [2.75, 3.05) is 6.54 Å². The normalized spacial score (nSPS) is 13.4. The van der Waals surface area contributed by atoms with Crippen molar-refractivity contribution in [2.45, 2.75) is 38.6 Å². The molecule has 0 aliphatic carbocycles. The first kappa shape index (κ1) is 20.4. The van der Waals surface area contributed by atoms with Crippen molar-refractivity contribution in [3.8, 4) is 0 Å². The van der Waals surface area contributed by atoms with Gasteiger partial charge in [-0.2, -0.15) is 0 Å². The molecule has 1 heterocycles. The van der Waals surface area contributed by atoms with Gasteiger partial charge in [-0.05, 0) is 24.1 Å². The molecule has 0 aliphatic rings. The van der Waals surface area contributed by atoms with Crippen LogP contribution in [0, 0.1) is 5.92 Å². The summed E-state index contributed by atoms with van der Waals surface area (Å²) in [6, 6.07) is 3.28. The molecule has 6 heteroatoms. The molecule has 1 unspecified atom stereocenters. The van der Waals surface area contributed by atoms with Crippen LogP contribution in [0.3, 0.4) is 0 Å². The SMILES string of the molecule is C=CC[C@H](NC(=O)O)c1cc(C(C)(C)CNC(=O)C(C)C=C)ccn1. The lowest BCUT2D eigenvalue weighted by Crippen LogP contribution is -2.39. The molecule has 0 aromatic carbocycles. The van der Waals surface area contributed by atoms with Crippen LogP contribution in [0.15, 0.2) is 43.6 Å². The summed E-state index contributed by atoms with van der Waals surface area (Å²) in [5, 5.41) is 14.4. The number of carboxylic acid groups (broad SMARTS) is 1. The number of nitrogens with one attached hydrogen (secondary N) is 2. The first-order chi connectivity index (χ1) is 11.7. The van der Waals surface area contributed by atoms with Crippen LogP contribution in [0.2, 0.25) is 0 Å². The van der Waals surface area contributed by atoms with E-state index in [2.05, 4.69) is 28.8 Å². The van der Waals surface area contributed by atoms with Gasteiger partial charge in [-0.3, -0.25) is 9.78 Å². The van der Waals surface area contributed by atoms with Crippen LogP contribution in [0.1, 0.15) is 44.5 Å². The van der Waals surface area contributed by atoms with E-state index >= 15 is 0 Å². The zero-order chi connectivity index (χ0) is 19.0. The smallest absolute Gasteiger partial charge is 0.405 e. The van der Waals surface area contributed by atoms with Gasteiger partial charge in [0.2, 0.25) is 5.91 Å². The fourth-order valence-corrected chi connectivity index (χ4v) is 2.31. The first-order valence-corrected chi connectivity index (χ1v) is 8.18. The second-order valence-corrected chi connectivity index (χ2v) is 6.62. The zero-order valence-corrected chi connectivity index (χ0v) is 15.1. The van der Waals surface area contributed by atoms with Crippen molar-refractivity contribution in [2.24, 2.45) is 5.92 Å².